The van der Waals surface area contributed by atoms with Crippen LogP contribution in [0.3, 0.4) is 0 Å². The van der Waals surface area contributed by atoms with Crippen LogP contribution in [0.15, 0.2) is 36.7 Å². The van der Waals surface area contributed by atoms with E-state index in [4.69, 9.17) is 5.73 Å². The van der Waals surface area contributed by atoms with E-state index in [0.717, 1.165) is 13.0 Å². The van der Waals surface area contributed by atoms with Crippen molar-refractivity contribution in [3.05, 3.63) is 58.9 Å². The summed E-state index contributed by atoms with van der Waals surface area (Å²) in [4.78, 5) is 0. The first kappa shape index (κ1) is 12.9. The van der Waals surface area contributed by atoms with Gasteiger partial charge in [0.15, 0.2) is 0 Å². The molecule has 1 unspecified atom stereocenters. The Morgan fingerprint density at radius 3 is 2.44 bits per heavy atom. The van der Waals surface area contributed by atoms with Crippen molar-refractivity contribution < 1.29 is 0 Å². The molecule has 96 valence electrons. The van der Waals surface area contributed by atoms with Crippen LogP contribution in [0.4, 0.5) is 0 Å². The Balaban J connectivity index is 2.16. The molecule has 0 bridgehead atoms. The summed E-state index contributed by atoms with van der Waals surface area (Å²) in [5.74, 6) is 0. The molecule has 0 saturated carbocycles. The van der Waals surface area contributed by atoms with Crippen LogP contribution < -0.4 is 5.73 Å². The molecule has 2 heteroatoms. The molecule has 0 aliphatic rings. The summed E-state index contributed by atoms with van der Waals surface area (Å²) in [5, 5.41) is 0. The van der Waals surface area contributed by atoms with Crippen molar-refractivity contribution in [2.24, 2.45) is 5.73 Å². The predicted octanol–water partition coefficient (Wildman–Crippen LogP) is 3.04. The first-order valence-corrected chi connectivity index (χ1v) is 6.51. The Morgan fingerprint density at radius 2 is 1.83 bits per heavy atom. The Morgan fingerprint density at radius 1 is 1.17 bits per heavy atom. The van der Waals surface area contributed by atoms with Crippen LogP contribution in [-0.2, 0) is 13.0 Å². The molecule has 0 fully saturated rings. The van der Waals surface area contributed by atoms with Crippen molar-refractivity contribution in [3.8, 4) is 0 Å². The summed E-state index contributed by atoms with van der Waals surface area (Å²) in [7, 11) is 0. The zero-order valence-corrected chi connectivity index (χ0v) is 11.5. The van der Waals surface area contributed by atoms with E-state index in [1.54, 1.807) is 0 Å². The number of aromatic nitrogens is 1. The molecule has 1 aromatic heterocycles. The molecule has 1 heterocycles. The van der Waals surface area contributed by atoms with Crippen molar-refractivity contribution in [1.82, 2.24) is 4.57 Å². The summed E-state index contributed by atoms with van der Waals surface area (Å²) in [6.07, 6.45) is 5.29. The largest absolute Gasteiger partial charge is 0.350 e. The monoisotopic (exact) mass is 242 g/mol. The van der Waals surface area contributed by atoms with Crippen LogP contribution in [0.1, 0.15) is 29.2 Å². The van der Waals surface area contributed by atoms with Crippen LogP contribution in [0.5, 0.6) is 0 Å². The maximum Gasteiger partial charge on any atom is 0.0475 e. The van der Waals surface area contributed by atoms with Gasteiger partial charge in [-0.2, -0.15) is 0 Å². The van der Waals surface area contributed by atoms with Gasteiger partial charge >= 0.3 is 0 Å². The standard InChI is InChI=1S/C16H22N2/c1-12-5-4-6-13(2)16(12)11-18-8-7-15(10-18)9-14(3)17/h4-8,10,14H,9,11,17H2,1-3H3. The van der Waals surface area contributed by atoms with Crippen LogP contribution in [-0.4, -0.2) is 10.6 Å². The van der Waals surface area contributed by atoms with Gasteiger partial charge in [0, 0.05) is 25.0 Å². The van der Waals surface area contributed by atoms with Crippen LogP contribution in [0.25, 0.3) is 0 Å². The summed E-state index contributed by atoms with van der Waals surface area (Å²) in [6, 6.07) is 8.85. The van der Waals surface area contributed by atoms with Gasteiger partial charge in [-0.3, -0.25) is 0 Å². The molecule has 0 aliphatic heterocycles. The summed E-state index contributed by atoms with van der Waals surface area (Å²) in [6.45, 7) is 7.34. The average Bonchev–Trinajstić information content (AvgIpc) is 2.70. The number of rotatable bonds is 4. The third-order valence-electron chi connectivity index (χ3n) is 3.35. The van der Waals surface area contributed by atoms with E-state index in [-0.39, 0.29) is 6.04 Å². The second-order valence-electron chi connectivity index (χ2n) is 5.24. The predicted molar refractivity (Wildman–Crippen MR) is 76.8 cm³/mol. The lowest BCUT2D eigenvalue weighted by Gasteiger charge is -2.10. The van der Waals surface area contributed by atoms with Crippen molar-refractivity contribution in [1.29, 1.82) is 0 Å². The highest BCUT2D eigenvalue weighted by atomic mass is 14.9. The topological polar surface area (TPSA) is 30.9 Å². The maximum atomic E-state index is 5.83. The summed E-state index contributed by atoms with van der Waals surface area (Å²) >= 11 is 0. The maximum absolute atomic E-state index is 5.83. The summed E-state index contributed by atoms with van der Waals surface area (Å²) in [5.41, 5.74) is 11.3. The highest BCUT2D eigenvalue weighted by molar-refractivity contribution is 5.34. The van der Waals surface area contributed by atoms with Crippen LogP contribution in [0.2, 0.25) is 0 Å². The van der Waals surface area contributed by atoms with E-state index in [2.05, 4.69) is 55.1 Å². The van der Waals surface area contributed by atoms with E-state index < -0.39 is 0 Å². The van der Waals surface area contributed by atoms with Gasteiger partial charge in [-0.15, -0.1) is 0 Å². The fourth-order valence-electron chi connectivity index (χ4n) is 2.36. The molecule has 18 heavy (non-hydrogen) atoms. The highest BCUT2D eigenvalue weighted by Crippen LogP contribution is 2.15. The molecule has 2 nitrogen and oxygen atoms in total. The van der Waals surface area contributed by atoms with E-state index in [1.807, 2.05) is 6.92 Å². The molecule has 0 radical (unpaired) electrons. The number of nitrogens with two attached hydrogens (primary N) is 1. The third kappa shape index (κ3) is 3.02. The number of hydrogen-bond donors (Lipinski definition) is 1. The molecule has 2 rings (SSSR count). The van der Waals surface area contributed by atoms with Crippen LogP contribution in [0, 0.1) is 13.8 Å². The van der Waals surface area contributed by atoms with Crippen molar-refractivity contribution >= 4 is 0 Å². The quantitative estimate of drug-likeness (QED) is 0.877. The van der Waals surface area contributed by atoms with Crippen LogP contribution >= 0.6 is 0 Å². The molecular weight excluding hydrogens is 220 g/mol. The summed E-state index contributed by atoms with van der Waals surface area (Å²) < 4.78 is 2.24. The van der Waals surface area contributed by atoms with E-state index >= 15 is 0 Å². The van der Waals surface area contributed by atoms with E-state index in [0.29, 0.717) is 0 Å². The SMILES string of the molecule is Cc1cccc(C)c1Cn1ccc(CC(C)N)c1. The third-order valence-corrected chi connectivity index (χ3v) is 3.35. The fraction of sp³-hybridized carbons (Fsp3) is 0.375. The first-order chi connectivity index (χ1) is 8.56. The Hall–Kier alpha value is -1.54. The minimum atomic E-state index is 0.223. The molecule has 0 amide bonds. The van der Waals surface area contributed by atoms with E-state index in [9.17, 15) is 0 Å². The molecule has 1 aromatic carbocycles. The zero-order chi connectivity index (χ0) is 13.1. The second-order valence-corrected chi connectivity index (χ2v) is 5.24. The van der Waals surface area contributed by atoms with Crippen molar-refractivity contribution in [2.75, 3.05) is 0 Å². The number of hydrogen-bond acceptors (Lipinski definition) is 1. The molecule has 0 aliphatic carbocycles. The Bertz CT molecular complexity index is 503. The highest BCUT2D eigenvalue weighted by Gasteiger charge is 2.04. The minimum absolute atomic E-state index is 0.223. The van der Waals surface area contributed by atoms with Gasteiger partial charge in [-0.05, 0) is 55.5 Å². The van der Waals surface area contributed by atoms with Gasteiger partial charge < -0.3 is 10.3 Å². The van der Waals surface area contributed by atoms with Crippen molar-refractivity contribution in [2.45, 2.75) is 39.8 Å². The van der Waals surface area contributed by atoms with Crippen molar-refractivity contribution in [3.63, 3.8) is 0 Å². The van der Waals surface area contributed by atoms with Gasteiger partial charge in [0.2, 0.25) is 0 Å². The lowest BCUT2D eigenvalue weighted by atomic mass is 10.0. The number of aryl methyl sites for hydroxylation is 2. The fourth-order valence-corrected chi connectivity index (χ4v) is 2.36. The average molecular weight is 242 g/mol. The Kier molecular flexibility index (Phi) is 3.87. The lowest BCUT2D eigenvalue weighted by molar-refractivity contribution is 0.731. The van der Waals surface area contributed by atoms with Gasteiger partial charge in [0.25, 0.3) is 0 Å². The van der Waals surface area contributed by atoms with Gasteiger partial charge in [0.1, 0.15) is 0 Å². The zero-order valence-electron chi connectivity index (χ0n) is 11.5. The lowest BCUT2D eigenvalue weighted by Crippen LogP contribution is -2.17. The molecular formula is C16H22N2. The second kappa shape index (κ2) is 5.40. The number of nitrogens with zero attached hydrogens (tertiary/aromatic N) is 1. The first-order valence-electron chi connectivity index (χ1n) is 6.51. The van der Waals surface area contributed by atoms with Gasteiger partial charge in [-0.25, -0.2) is 0 Å². The normalized spacial score (nSPS) is 12.7. The molecule has 1 atom stereocenters. The number of benzene rings is 1. The minimum Gasteiger partial charge on any atom is -0.350 e. The van der Waals surface area contributed by atoms with E-state index in [1.165, 1.54) is 22.3 Å². The smallest absolute Gasteiger partial charge is 0.0475 e. The Labute approximate surface area is 109 Å². The molecule has 0 spiro atoms. The van der Waals surface area contributed by atoms with Gasteiger partial charge in [-0.1, -0.05) is 18.2 Å². The molecule has 2 aromatic rings. The van der Waals surface area contributed by atoms with Gasteiger partial charge in [0.05, 0.1) is 0 Å². The molecule has 0 saturated heterocycles. The molecule has 2 N–H and O–H groups in total.